The number of nitrogens with zero attached hydrogens (tertiary/aromatic N) is 1. The maximum atomic E-state index is 5.67. The van der Waals surface area contributed by atoms with Crippen LogP contribution in [0.5, 0.6) is 5.75 Å². The summed E-state index contributed by atoms with van der Waals surface area (Å²) in [7, 11) is 0. The molecule has 0 unspecified atom stereocenters. The molecule has 3 heteroatoms. The van der Waals surface area contributed by atoms with Crippen molar-refractivity contribution in [2.75, 3.05) is 6.61 Å². The van der Waals surface area contributed by atoms with Gasteiger partial charge in [0, 0.05) is 16.6 Å². The maximum Gasteiger partial charge on any atom is 0.123 e. The zero-order chi connectivity index (χ0) is 15.6. The van der Waals surface area contributed by atoms with Gasteiger partial charge in [0.15, 0.2) is 0 Å². The van der Waals surface area contributed by atoms with Crippen LogP contribution < -0.4 is 4.74 Å². The van der Waals surface area contributed by atoms with Crippen molar-refractivity contribution in [3.63, 3.8) is 0 Å². The number of benzene rings is 1. The quantitative estimate of drug-likeness (QED) is 0.425. The van der Waals surface area contributed by atoms with Crippen molar-refractivity contribution in [1.29, 1.82) is 0 Å². The van der Waals surface area contributed by atoms with E-state index in [1.54, 1.807) is 11.3 Å². The number of aryl methyl sites for hydroxylation is 1. The second-order valence-electron chi connectivity index (χ2n) is 5.30. The van der Waals surface area contributed by atoms with Crippen LogP contribution in [0.3, 0.4) is 0 Å². The van der Waals surface area contributed by atoms with E-state index in [0.717, 1.165) is 23.6 Å². The monoisotopic (exact) mass is 315 g/mol. The van der Waals surface area contributed by atoms with E-state index >= 15 is 0 Å². The molecule has 0 spiro atoms. The largest absolute Gasteiger partial charge is 0.490 e. The summed E-state index contributed by atoms with van der Waals surface area (Å²) in [4.78, 5) is 5.93. The van der Waals surface area contributed by atoms with Crippen LogP contribution in [0.15, 0.2) is 42.6 Å². The molecule has 0 fully saturated rings. The molecule has 2 rings (SSSR count). The first-order valence-corrected chi connectivity index (χ1v) is 8.98. The molecule has 0 aliphatic heterocycles. The average molecular weight is 315 g/mol. The molecule has 0 atom stereocenters. The Bertz CT molecular complexity index is 571. The number of allylic oxidation sites excluding steroid dienone is 1. The highest BCUT2D eigenvalue weighted by Crippen LogP contribution is 2.27. The van der Waals surface area contributed by atoms with Gasteiger partial charge in [0.25, 0.3) is 0 Å². The molecular formula is C19H25NOS. The van der Waals surface area contributed by atoms with Gasteiger partial charge in [0.05, 0.1) is 0 Å². The standard InChI is InChI=1S/C19H25NOS/c1-3-5-7-9-18-15-20-19(22-18)16-10-12-17(13-11-16)21-14-8-6-4-2/h6,8,10-13,15H,3-5,7,9,14H2,1-2H3/b8-6+. The summed E-state index contributed by atoms with van der Waals surface area (Å²) < 4.78 is 5.67. The van der Waals surface area contributed by atoms with Crippen LogP contribution in [0.2, 0.25) is 0 Å². The van der Waals surface area contributed by atoms with E-state index in [2.05, 4.69) is 43.1 Å². The Morgan fingerprint density at radius 2 is 1.91 bits per heavy atom. The minimum absolute atomic E-state index is 0.631. The van der Waals surface area contributed by atoms with E-state index in [-0.39, 0.29) is 0 Å². The Balaban J connectivity index is 1.91. The number of thiazole rings is 1. The molecular weight excluding hydrogens is 290 g/mol. The highest BCUT2D eigenvalue weighted by molar-refractivity contribution is 7.15. The number of ether oxygens (including phenoxy) is 1. The van der Waals surface area contributed by atoms with Crippen molar-refractivity contribution in [3.05, 3.63) is 47.5 Å². The van der Waals surface area contributed by atoms with Crippen LogP contribution in [0.25, 0.3) is 10.6 Å². The van der Waals surface area contributed by atoms with Crippen molar-refractivity contribution in [2.24, 2.45) is 0 Å². The summed E-state index contributed by atoms with van der Waals surface area (Å²) in [6.45, 7) is 4.99. The Morgan fingerprint density at radius 1 is 1.09 bits per heavy atom. The minimum atomic E-state index is 0.631. The fourth-order valence-corrected chi connectivity index (χ4v) is 3.14. The minimum Gasteiger partial charge on any atom is -0.490 e. The molecule has 0 bridgehead atoms. The topological polar surface area (TPSA) is 22.1 Å². The van der Waals surface area contributed by atoms with E-state index in [4.69, 9.17) is 4.74 Å². The lowest BCUT2D eigenvalue weighted by atomic mass is 10.2. The zero-order valence-electron chi connectivity index (χ0n) is 13.5. The zero-order valence-corrected chi connectivity index (χ0v) is 14.4. The third kappa shape index (κ3) is 5.30. The Hall–Kier alpha value is -1.61. The summed E-state index contributed by atoms with van der Waals surface area (Å²) in [6, 6.07) is 8.22. The highest BCUT2D eigenvalue weighted by Gasteiger charge is 2.05. The van der Waals surface area contributed by atoms with Gasteiger partial charge in [0.2, 0.25) is 0 Å². The normalized spacial score (nSPS) is 11.2. The third-order valence-corrected chi connectivity index (χ3v) is 4.54. The molecule has 0 aliphatic rings. The molecule has 0 radical (unpaired) electrons. The van der Waals surface area contributed by atoms with Gasteiger partial charge in [-0.2, -0.15) is 0 Å². The van der Waals surface area contributed by atoms with Gasteiger partial charge in [-0.3, -0.25) is 0 Å². The van der Waals surface area contributed by atoms with Gasteiger partial charge in [-0.15, -0.1) is 11.3 Å². The molecule has 0 aliphatic carbocycles. The molecule has 1 aromatic carbocycles. The number of unbranched alkanes of at least 4 members (excludes halogenated alkanes) is 2. The first-order valence-electron chi connectivity index (χ1n) is 8.16. The molecule has 1 aromatic heterocycles. The second kappa shape index (κ2) is 9.42. The Kier molecular flexibility index (Phi) is 7.17. The molecule has 0 saturated carbocycles. The molecule has 22 heavy (non-hydrogen) atoms. The maximum absolute atomic E-state index is 5.67. The van der Waals surface area contributed by atoms with Crippen LogP contribution in [0.4, 0.5) is 0 Å². The Labute approximate surface area is 137 Å². The van der Waals surface area contributed by atoms with Crippen LogP contribution >= 0.6 is 11.3 Å². The summed E-state index contributed by atoms with van der Waals surface area (Å²) in [5, 5.41) is 1.10. The smallest absolute Gasteiger partial charge is 0.123 e. The Morgan fingerprint density at radius 3 is 2.64 bits per heavy atom. The van der Waals surface area contributed by atoms with Crippen LogP contribution in [-0.4, -0.2) is 11.6 Å². The van der Waals surface area contributed by atoms with E-state index in [1.165, 1.54) is 29.7 Å². The van der Waals surface area contributed by atoms with Crippen LogP contribution in [0, 0.1) is 0 Å². The second-order valence-corrected chi connectivity index (χ2v) is 6.42. The van der Waals surface area contributed by atoms with Crippen LogP contribution in [0.1, 0.15) is 44.4 Å². The number of aromatic nitrogens is 1. The van der Waals surface area contributed by atoms with Crippen molar-refractivity contribution >= 4 is 11.3 Å². The molecule has 2 nitrogen and oxygen atoms in total. The van der Waals surface area contributed by atoms with Crippen LogP contribution in [-0.2, 0) is 6.42 Å². The van der Waals surface area contributed by atoms with Crippen molar-refractivity contribution < 1.29 is 4.74 Å². The fraction of sp³-hybridized carbons (Fsp3) is 0.421. The first-order chi connectivity index (χ1) is 10.8. The number of hydrogen-bond acceptors (Lipinski definition) is 3. The molecule has 0 amide bonds. The molecule has 1 heterocycles. The summed E-state index contributed by atoms with van der Waals surface area (Å²) in [5.41, 5.74) is 1.17. The van der Waals surface area contributed by atoms with E-state index in [0.29, 0.717) is 6.61 Å². The van der Waals surface area contributed by atoms with E-state index in [9.17, 15) is 0 Å². The summed E-state index contributed by atoms with van der Waals surface area (Å²) in [5.74, 6) is 0.907. The van der Waals surface area contributed by atoms with Gasteiger partial charge < -0.3 is 4.74 Å². The van der Waals surface area contributed by atoms with Gasteiger partial charge >= 0.3 is 0 Å². The van der Waals surface area contributed by atoms with E-state index in [1.807, 2.05) is 18.3 Å². The van der Waals surface area contributed by atoms with Crippen molar-refractivity contribution in [3.8, 4) is 16.3 Å². The molecule has 0 N–H and O–H groups in total. The van der Waals surface area contributed by atoms with Gasteiger partial charge in [-0.1, -0.05) is 38.8 Å². The highest BCUT2D eigenvalue weighted by atomic mass is 32.1. The van der Waals surface area contributed by atoms with E-state index < -0.39 is 0 Å². The van der Waals surface area contributed by atoms with Gasteiger partial charge in [0.1, 0.15) is 17.4 Å². The average Bonchev–Trinajstić information content (AvgIpc) is 3.01. The predicted octanol–water partition coefficient (Wildman–Crippen LogP) is 5.89. The third-order valence-electron chi connectivity index (χ3n) is 3.43. The van der Waals surface area contributed by atoms with Crippen molar-refractivity contribution in [1.82, 2.24) is 4.98 Å². The fourth-order valence-electron chi connectivity index (χ4n) is 2.18. The summed E-state index contributed by atoms with van der Waals surface area (Å²) >= 11 is 1.80. The van der Waals surface area contributed by atoms with Gasteiger partial charge in [-0.05, 0) is 43.5 Å². The molecule has 0 saturated heterocycles. The SMILES string of the molecule is CC/C=C/COc1ccc(-c2ncc(CCCCC)s2)cc1. The number of hydrogen-bond donors (Lipinski definition) is 0. The lowest BCUT2D eigenvalue weighted by Crippen LogP contribution is -1.92. The van der Waals surface area contributed by atoms with Gasteiger partial charge in [-0.25, -0.2) is 4.98 Å². The lowest BCUT2D eigenvalue weighted by molar-refractivity contribution is 0.362. The molecule has 118 valence electrons. The number of rotatable bonds is 9. The molecule has 2 aromatic rings. The summed E-state index contributed by atoms with van der Waals surface area (Å²) in [6.07, 6.45) is 12.2. The first kappa shape index (κ1) is 16.8. The predicted molar refractivity (Wildman–Crippen MR) is 95.7 cm³/mol. The lowest BCUT2D eigenvalue weighted by Gasteiger charge is -2.03. The van der Waals surface area contributed by atoms with Crippen molar-refractivity contribution in [2.45, 2.75) is 46.0 Å².